The van der Waals surface area contributed by atoms with E-state index in [-0.39, 0.29) is 21.5 Å². The molecule has 0 aliphatic rings. The SMILES string of the molecule is [F][Sb-]([F])([F])([F])([F])[F].[H+].[Ir]. The first-order chi connectivity index (χ1) is 2.45. The minimum absolute atomic E-state index is 0. The molecule has 0 aromatic carbocycles. The van der Waals surface area contributed by atoms with Gasteiger partial charge in [-0.2, -0.15) is 0 Å². The Morgan fingerprint density at radius 2 is 0.750 bits per heavy atom. The molecule has 0 nitrogen and oxygen atoms in total. The molecule has 0 fully saturated rings. The summed E-state index contributed by atoms with van der Waals surface area (Å²) in [7, 11) is 0. The summed E-state index contributed by atoms with van der Waals surface area (Å²) in [4.78, 5) is 0. The molecule has 0 aromatic rings. The molecular weight excluding hydrogens is 428 g/mol. The average Bonchev–Trinajstić information content (AvgIpc) is 0.592. The first-order valence-electron chi connectivity index (χ1n) is 1.01. The van der Waals surface area contributed by atoms with Gasteiger partial charge in [0.15, 0.2) is 0 Å². The third-order valence-electron chi connectivity index (χ3n) is 0. The van der Waals surface area contributed by atoms with Crippen LogP contribution in [0.3, 0.4) is 0 Å². The van der Waals surface area contributed by atoms with Crippen molar-refractivity contribution in [3.8, 4) is 0 Å². The average molecular weight is 429 g/mol. The first-order valence-corrected chi connectivity index (χ1v) is 6.80. The smallest absolute Gasteiger partial charge is 0 e. The van der Waals surface area contributed by atoms with Gasteiger partial charge in [0.1, 0.15) is 0 Å². The molecule has 0 saturated carbocycles. The van der Waals surface area contributed by atoms with Gasteiger partial charge in [-0.1, -0.05) is 0 Å². The molecule has 0 amide bonds. The van der Waals surface area contributed by atoms with Crippen molar-refractivity contribution < 1.29 is 38.4 Å². The van der Waals surface area contributed by atoms with Crippen molar-refractivity contribution >= 4 is 19.5 Å². The summed E-state index contributed by atoms with van der Waals surface area (Å²) in [6.45, 7) is 0. The summed E-state index contributed by atoms with van der Waals surface area (Å²) in [6.07, 6.45) is 0. The molecule has 0 saturated heterocycles. The molecule has 0 atom stereocenters. The summed E-state index contributed by atoms with van der Waals surface area (Å²) in [5, 5.41) is 0. The second kappa shape index (κ2) is 1.55. The first kappa shape index (κ1) is 11.8. The molecule has 8 heavy (non-hydrogen) atoms. The van der Waals surface area contributed by atoms with Gasteiger partial charge in [0.2, 0.25) is 0 Å². The van der Waals surface area contributed by atoms with Gasteiger partial charge in [-0.25, -0.2) is 0 Å². The van der Waals surface area contributed by atoms with E-state index in [0.29, 0.717) is 0 Å². The molecule has 0 aromatic heterocycles. The maximum Gasteiger partial charge on any atom is 1.00 e. The van der Waals surface area contributed by atoms with Crippen LogP contribution in [-0.4, -0.2) is 19.5 Å². The monoisotopic (exact) mass is 429 g/mol. The van der Waals surface area contributed by atoms with Gasteiger partial charge in [-0.3, -0.25) is 0 Å². The van der Waals surface area contributed by atoms with Crippen LogP contribution >= 0.6 is 0 Å². The zero-order valence-electron chi connectivity index (χ0n) is 4.05. The van der Waals surface area contributed by atoms with Crippen molar-refractivity contribution in [2.75, 3.05) is 0 Å². The van der Waals surface area contributed by atoms with E-state index in [4.69, 9.17) is 0 Å². The van der Waals surface area contributed by atoms with Crippen molar-refractivity contribution in [1.29, 1.82) is 0 Å². The molecule has 0 unspecified atom stereocenters. The quantitative estimate of drug-likeness (QED) is 0.410. The van der Waals surface area contributed by atoms with Gasteiger partial charge >= 0.3 is 37.8 Å². The van der Waals surface area contributed by atoms with Gasteiger partial charge in [-0.05, 0) is 0 Å². The molecule has 8 heteroatoms. The van der Waals surface area contributed by atoms with E-state index in [2.05, 4.69) is 0 Å². The Balaban J connectivity index is -0.000000180. The third-order valence-corrected chi connectivity index (χ3v) is 0. The van der Waals surface area contributed by atoms with E-state index in [1.165, 1.54) is 0 Å². The van der Waals surface area contributed by atoms with Crippen LogP contribution in [0.15, 0.2) is 0 Å². The van der Waals surface area contributed by atoms with Crippen LogP contribution in [0.25, 0.3) is 0 Å². The second-order valence-corrected chi connectivity index (χ2v) is 6.43. The van der Waals surface area contributed by atoms with Crippen molar-refractivity contribution in [2.45, 2.75) is 0 Å². The van der Waals surface area contributed by atoms with Crippen LogP contribution < -0.4 is 0 Å². The van der Waals surface area contributed by atoms with E-state index < -0.39 is 19.5 Å². The van der Waals surface area contributed by atoms with Crippen molar-refractivity contribution in [3.63, 3.8) is 0 Å². The van der Waals surface area contributed by atoms with Gasteiger partial charge in [0.25, 0.3) is 0 Å². The minimum Gasteiger partial charge on any atom is 0 e. The van der Waals surface area contributed by atoms with Crippen LogP contribution in [0.4, 0.5) is 16.9 Å². The third kappa shape index (κ3) is 235. The topological polar surface area (TPSA) is 0 Å². The molecule has 57 valence electrons. The molecule has 0 aliphatic heterocycles. The second-order valence-electron chi connectivity index (χ2n) is 0.958. The fourth-order valence-electron chi connectivity index (χ4n) is 0. The molecule has 0 N–H and O–H groups in total. The molecule has 1 radical (unpaired) electrons. The fraction of sp³-hybridized carbons (Fsp3) is 0. The maximum absolute atomic E-state index is 11.2. The Kier molecular flexibility index (Phi) is 2.29. The molecule has 0 bridgehead atoms. The van der Waals surface area contributed by atoms with E-state index in [1.54, 1.807) is 0 Å². The number of hydrogen-bond donors (Lipinski definition) is 0. The number of hydrogen-bond acceptors (Lipinski definition) is 0. The van der Waals surface area contributed by atoms with Gasteiger partial charge in [0, 0.05) is 20.1 Å². The van der Waals surface area contributed by atoms with Crippen LogP contribution in [0.1, 0.15) is 1.43 Å². The predicted octanol–water partition coefficient (Wildman–Crippen LogP) is 2.25. The molecule has 0 spiro atoms. The van der Waals surface area contributed by atoms with Gasteiger partial charge in [-0.15, -0.1) is 0 Å². The summed E-state index contributed by atoms with van der Waals surface area (Å²) in [5.74, 6) is 0. The maximum atomic E-state index is 9.93. The summed E-state index contributed by atoms with van der Waals surface area (Å²) < 4.78 is 59.6. The zero-order valence-corrected chi connectivity index (χ0v) is 8.00. The summed E-state index contributed by atoms with van der Waals surface area (Å²) in [6, 6.07) is 0. The van der Waals surface area contributed by atoms with Crippen LogP contribution in [-0.2, 0) is 20.1 Å². The summed E-state index contributed by atoms with van der Waals surface area (Å²) >= 11 is -11.2. The van der Waals surface area contributed by atoms with Crippen LogP contribution in [0, 0.1) is 0 Å². The van der Waals surface area contributed by atoms with E-state index in [9.17, 15) is 16.9 Å². The van der Waals surface area contributed by atoms with Crippen molar-refractivity contribution in [2.24, 2.45) is 0 Å². The normalized spacial score (nSPS) is 20.2. The van der Waals surface area contributed by atoms with E-state index in [0.717, 1.165) is 0 Å². The fourth-order valence-corrected chi connectivity index (χ4v) is 0. The number of rotatable bonds is 0. The van der Waals surface area contributed by atoms with Crippen molar-refractivity contribution in [3.05, 3.63) is 0 Å². The van der Waals surface area contributed by atoms with Gasteiger partial charge < -0.3 is 0 Å². The Hall–Kier alpha value is 1.05. The van der Waals surface area contributed by atoms with Crippen LogP contribution in [0.2, 0.25) is 0 Å². The molecular formula is HF6IrSb. The molecule has 0 heterocycles. The van der Waals surface area contributed by atoms with Crippen molar-refractivity contribution in [1.82, 2.24) is 0 Å². The van der Waals surface area contributed by atoms with Gasteiger partial charge in [0.05, 0.1) is 0 Å². The standard InChI is InChI=1S/6FH.Ir.Sb/h6*1H;;/q;;;;;;;+5/p-5. The Bertz CT molecular complexity index is 71.6. The van der Waals surface area contributed by atoms with E-state index in [1.807, 2.05) is 0 Å². The minimum atomic E-state index is -11.2. The number of halogens is 6. The zero-order chi connectivity index (χ0) is 6.41. The van der Waals surface area contributed by atoms with Crippen LogP contribution in [0.5, 0.6) is 0 Å². The predicted molar refractivity (Wildman–Crippen MR) is 13.5 cm³/mol. The van der Waals surface area contributed by atoms with E-state index >= 15 is 0 Å². The summed E-state index contributed by atoms with van der Waals surface area (Å²) in [5.41, 5.74) is 0. The Morgan fingerprint density at radius 1 is 0.750 bits per heavy atom. The molecule has 0 aliphatic carbocycles. The Morgan fingerprint density at radius 3 is 0.750 bits per heavy atom. The molecule has 0 rings (SSSR count). The largest absolute Gasteiger partial charge is 1.00 e. The Labute approximate surface area is 58.0 Å².